The molecule has 0 radical (unpaired) electrons. The standard InChI is InChI=1S/C13H11ClINO2/c14-10-6-9(15)3-4-11(10)16-12(17)7-1-2-8(5-7)13(16)18/h3-4,6-8H,1-2,5H2. The third-order valence-corrected chi connectivity index (χ3v) is 4.70. The molecule has 1 saturated heterocycles. The fourth-order valence-corrected chi connectivity index (χ4v) is 3.74. The summed E-state index contributed by atoms with van der Waals surface area (Å²) in [5.74, 6) is -0.167. The highest BCUT2D eigenvalue weighted by molar-refractivity contribution is 14.1. The van der Waals surface area contributed by atoms with Gasteiger partial charge in [-0.25, -0.2) is 4.90 Å². The van der Waals surface area contributed by atoms with Gasteiger partial charge in [-0.05, 0) is 60.1 Å². The van der Waals surface area contributed by atoms with E-state index in [-0.39, 0.29) is 23.7 Å². The molecule has 0 spiro atoms. The van der Waals surface area contributed by atoms with Gasteiger partial charge in [0.2, 0.25) is 11.8 Å². The molecule has 3 rings (SSSR count). The van der Waals surface area contributed by atoms with E-state index in [9.17, 15) is 9.59 Å². The van der Waals surface area contributed by atoms with Gasteiger partial charge in [0.1, 0.15) is 0 Å². The molecule has 2 bridgehead atoms. The highest BCUT2D eigenvalue weighted by atomic mass is 127. The van der Waals surface area contributed by atoms with Crippen molar-refractivity contribution >= 4 is 51.7 Å². The Bertz CT molecular complexity index is 524. The van der Waals surface area contributed by atoms with Crippen LogP contribution < -0.4 is 4.90 Å². The lowest BCUT2D eigenvalue weighted by Crippen LogP contribution is -2.46. The summed E-state index contributed by atoms with van der Waals surface area (Å²) < 4.78 is 0.987. The first-order valence-corrected chi connectivity index (χ1v) is 7.36. The van der Waals surface area contributed by atoms with Gasteiger partial charge < -0.3 is 0 Å². The number of carbonyl (C=O) groups is 2. The average molecular weight is 376 g/mol. The number of imide groups is 1. The molecule has 0 aromatic heterocycles. The summed E-state index contributed by atoms with van der Waals surface area (Å²) in [7, 11) is 0. The normalized spacial score (nSPS) is 26.9. The number of amides is 2. The topological polar surface area (TPSA) is 37.4 Å². The van der Waals surface area contributed by atoms with Crippen molar-refractivity contribution in [2.75, 3.05) is 4.90 Å². The minimum Gasteiger partial charge on any atom is -0.274 e. The molecule has 1 heterocycles. The SMILES string of the molecule is O=C1C2CCC(C2)C(=O)N1c1ccc(I)cc1Cl. The van der Waals surface area contributed by atoms with Crippen LogP contribution in [0.5, 0.6) is 0 Å². The third kappa shape index (κ3) is 1.86. The van der Waals surface area contributed by atoms with Crippen LogP contribution in [0.15, 0.2) is 18.2 Å². The van der Waals surface area contributed by atoms with Crippen molar-refractivity contribution in [1.29, 1.82) is 0 Å². The first kappa shape index (κ1) is 12.4. The van der Waals surface area contributed by atoms with Crippen LogP contribution in [0, 0.1) is 15.4 Å². The van der Waals surface area contributed by atoms with Crippen LogP contribution in [-0.4, -0.2) is 11.8 Å². The van der Waals surface area contributed by atoms with Crippen LogP contribution in [-0.2, 0) is 9.59 Å². The highest BCUT2D eigenvalue weighted by Crippen LogP contribution is 2.41. The molecule has 1 aliphatic carbocycles. The molecule has 1 aliphatic heterocycles. The number of fused-ring (bicyclic) bond motifs is 2. The van der Waals surface area contributed by atoms with E-state index < -0.39 is 0 Å². The van der Waals surface area contributed by atoms with Crippen LogP contribution in [0.4, 0.5) is 5.69 Å². The van der Waals surface area contributed by atoms with E-state index in [4.69, 9.17) is 11.6 Å². The minimum absolute atomic E-state index is 0.00282. The zero-order valence-corrected chi connectivity index (χ0v) is 12.4. The lowest BCUT2D eigenvalue weighted by molar-refractivity contribution is -0.132. The van der Waals surface area contributed by atoms with Gasteiger partial charge in [0.25, 0.3) is 0 Å². The molecule has 5 heteroatoms. The van der Waals surface area contributed by atoms with Gasteiger partial charge >= 0.3 is 0 Å². The van der Waals surface area contributed by atoms with E-state index >= 15 is 0 Å². The molecule has 2 unspecified atom stereocenters. The van der Waals surface area contributed by atoms with Crippen LogP contribution >= 0.6 is 34.2 Å². The Morgan fingerprint density at radius 2 is 1.78 bits per heavy atom. The van der Waals surface area contributed by atoms with Crippen LogP contribution in [0.3, 0.4) is 0 Å². The summed E-state index contributed by atoms with van der Waals surface area (Å²) in [6, 6.07) is 5.39. The molecular weight excluding hydrogens is 365 g/mol. The van der Waals surface area contributed by atoms with Crippen LogP contribution in [0.25, 0.3) is 0 Å². The summed E-state index contributed by atoms with van der Waals surface area (Å²) >= 11 is 8.31. The number of halogens is 2. The Kier molecular flexibility index (Phi) is 3.10. The molecule has 2 fully saturated rings. The van der Waals surface area contributed by atoms with Gasteiger partial charge in [-0.1, -0.05) is 11.6 Å². The van der Waals surface area contributed by atoms with Crippen molar-refractivity contribution in [3.8, 4) is 0 Å². The second-order valence-electron chi connectivity index (χ2n) is 4.81. The number of anilines is 1. The molecule has 2 atom stereocenters. The Morgan fingerprint density at radius 3 is 2.33 bits per heavy atom. The Labute approximate surface area is 124 Å². The second-order valence-corrected chi connectivity index (χ2v) is 6.47. The number of benzene rings is 1. The predicted octanol–water partition coefficient (Wildman–Crippen LogP) is 3.23. The Balaban J connectivity index is 2.05. The van der Waals surface area contributed by atoms with Crippen molar-refractivity contribution in [1.82, 2.24) is 0 Å². The minimum atomic E-state index is -0.0862. The first-order chi connectivity index (χ1) is 8.58. The summed E-state index contributed by atoms with van der Waals surface area (Å²) in [5.41, 5.74) is 0.531. The largest absolute Gasteiger partial charge is 0.274 e. The third-order valence-electron chi connectivity index (χ3n) is 3.72. The zero-order valence-electron chi connectivity index (χ0n) is 9.53. The van der Waals surface area contributed by atoms with Crippen molar-refractivity contribution in [2.24, 2.45) is 11.8 Å². The van der Waals surface area contributed by atoms with Gasteiger partial charge in [-0.2, -0.15) is 0 Å². The zero-order chi connectivity index (χ0) is 12.9. The van der Waals surface area contributed by atoms with Crippen molar-refractivity contribution in [3.63, 3.8) is 0 Å². The van der Waals surface area contributed by atoms with E-state index in [1.54, 1.807) is 12.1 Å². The van der Waals surface area contributed by atoms with E-state index in [1.807, 2.05) is 6.07 Å². The van der Waals surface area contributed by atoms with Crippen LogP contribution in [0.2, 0.25) is 5.02 Å². The van der Waals surface area contributed by atoms with E-state index in [1.165, 1.54) is 4.90 Å². The smallest absolute Gasteiger partial charge is 0.236 e. The van der Waals surface area contributed by atoms with Gasteiger partial charge in [-0.15, -0.1) is 0 Å². The van der Waals surface area contributed by atoms with Gasteiger partial charge in [0, 0.05) is 15.4 Å². The first-order valence-electron chi connectivity index (χ1n) is 5.91. The molecule has 1 aromatic carbocycles. The van der Waals surface area contributed by atoms with Gasteiger partial charge in [0.15, 0.2) is 0 Å². The second kappa shape index (κ2) is 4.49. The van der Waals surface area contributed by atoms with Gasteiger partial charge in [-0.3, -0.25) is 9.59 Å². The fourth-order valence-electron chi connectivity index (χ4n) is 2.80. The van der Waals surface area contributed by atoms with Crippen molar-refractivity contribution in [3.05, 3.63) is 26.8 Å². The quantitative estimate of drug-likeness (QED) is 0.558. The number of hydrogen-bond acceptors (Lipinski definition) is 2. The summed E-state index contributed by atoms with van der Waals surface area (Å²) in [4.78, 5) is 25.8. The number of rotatable bonds is 1. The molecule has 3 nitrogen and oxygen atoms in total. The van der Waals surface area contributed by atoms with Crippen molar-refractivity contribution < 1.29 is 9.59 Å². The Hall–Kier alpha value is -0.620. The van der Waals surface area contributed by atoms with Crippen LogP contribution in [0.1, 0.15) is 19.3 Å². The molecular formula is C13H11ClINO2. The number of piperidine rings is 1. The molecule has 1 saturated carbocycles. The molecule has 18 heavy (non-hydrogen) atoms. The highest BCUT2D eigenvalue weighted by Gasteiger charge is 2.46. The van der Waals surface area contributed by atoms with Crippen molar-refractivity contribution in [2.45, 2.75) is 19.3 Å². The summed E-state index contributed by atoms with van der Waals surface area (Å²) in [6.07, 6.45) is 2.37. The summed E-state index contributed by atoms with van der Waals surface area (Å²) in [6.45, 7) is 0. The maximum Gasteiger partial charge on any atom is 0.236 e. The van der Waals surface area contributed by atoms with E-state index in [0.717, 1.165) is 22.8 Å². The monoisotopic (exact) mass is 375 g/mol. The molecule has 2 amide bonds. The molecule has 1 aromatic rings. The van der Waals surface area contributed by atoms with E-state index in [0.29, 0.717) is 10.7 Å². The molecule has 2 aliphatic rings. The lowest BCUT2D eigenvalue weighted by Gasteiger charge is -2.30. The fraction of sp³-hybridized carbons (Fsp3) is 0.385. The molecule has 94 valence electrons. The maximum atomic E-state index is 12.3. The summed E-state index contributed by atoms with van der Waals surface area (Å²) in [5, 5.41) is 0.463. The molecule has 0 N–H and O–H groups in total. The van der Waals surface area contributed by atoms with E-state index in [2.05, 4.69) is 22.6 Å². The Morgan fingerprint density at radius 1 is 1.17 bits per heavy atom. The average Bonchev–Trinajstić information content (AvgIpc) is 2.76. The number of hydrogen-bond donors (Lipinski definition) is 0. The number of nitrogens with zero attached hydrogens (tertiary/aromatic N) is 1. The lowest BCUT2D eigenvalue weighted by atomic mass is 9.96. The maximum absolute atomic E-state index is 12.3. The van der Waals surface area contributed by atoms with Gasteiger partial charge in [0.05, 0.1) is 10.7 Å². The predicted molar refractivity (Wildman–Crippen MR) is 77.5 cm³/mol. The number of carbonyl (C=O) groups excluding carboxylic acids is 2.